The van der Waals surface area contributed by atoms with Gasteiger partial charge in [-0.05, 0) is 6.42 Å². The molecule has 132 valence electrons. The zero-order valence-electron chi connectivity index (χ0n) is 14.5. The van der Waals surface area contributed by atoms with Gasteiger partial charge < -0.3 is 19.3 Å². The van der Waals surface area contributed by atoms with E-state index in [4.69, 9.17) is 9.47 Å². The van der Waals surface area contributed by atoms with Crippen molar-refractivity contribution in [2.45, 2.75) is 58.2 Å². The first-order valence-electron chi connectivity index (χ1n) is 8.87. The Balaban J connectivity index is 1.72. The molecule has 2 aliphatic rings. The average molecular weight is 326 g/mol. The molecule has 2 fully saturated rings. The van der Waals surface area contributed by atoms with Crippen molar-refractivity contribution in [2.75, 3.05) is 39.4 Å². The third-order valence-corrected chi connectivity index (χ3v) is 4.76. The number of hydrogen-bond acceptors (Lipinski definition) is 4. The second kappa shape index (κ2) is 8.64. The number of piperidine rings is 1. The molecule has 0 bridgehead atoms. The molecule has 1 spiro atoms. The van der Waals surface area contributed by atoms with Crippen LogP contribution in [0, 0.1) is 0 Å². The Bertz CT molecular complexity index is 397. The molecule has 0 unspecified atom stereocenters. The summed E-state index contributed by atoms with van der Waals surface area (Å²) in [5, 5.41) is 0. The van der Waals surface area contributed by atoms with E-state index in [0.29, 0.717) is 39.3 Å². The van der Waals surface area contributed by atoms with E-state index < -0.39 is 5.79 Å². The molecule has 0 aliphatic carbocycles. The van der Waals surface area contributed by atoms with Crippen LogP contribution in [0.2, 0.25) is 0 Å². The summed E-state index contributed by atoms with van der Waals surface area (Å²) in [6, 6.07) is 0. The molecule has 2 aliphatic heterocycles. The molecule has 2 heterocycles. The topological polar surface area (TPSA) is 59.1 Å². The van der Waals surface area contributed by atoms with Crippen LogP contribution in [0.25, 0.3) is 0 Å². The summed E-state index contributed by atoms with van der Waals surface area (Å²) in [4.78, 5) is 27.7. The molecular formula is C17H30N2O4. The molecule has 0 aromatic carbocycles. The monoisotopic (exact) mass is 326 g/mol. The summed E-state index contributed by atoms with van der Waals surface area (Å²) >= 11 is 0. The molecule has 0 N–H and O–H groups in total. The first kappa shape index (κ1) is 18.2. The highest BCUT2D eigenvalue weighted by Crippen LogP contribution is 2.31. The van der Waals surface area contributed by atoms with Crippen molar-refractivity contribution in [2.24, 2.45) is 0 Å². The SMILES string of the molecule is CCCCCN(CCC(=O)N1CCC2(CC1)OCCO2)C(C)=O. The molecule has 6 nitrogen and oxygen atoms in total. The van der Waals surface area contributed by atoms with E-state index in [1.54, 1.807) is 11.8 Å². The van der Waals surface area contributed by atoms with Crippen molar-refractivity contribution in [3.8, 4) is 0 Å². The first-order valence-corrected chi connectivity index (χ1v) is 8.87. The Morgan fingerprint density at radius 2 is 1.74 bits per heavy atom. The van der Waals surface area contributed by atoms with E-state index in [9.17, 15) is 9.59 Å². The summed E-state index contributed by atoms with van der Waals surface area (Å²) in [6.07, 6.45) is 5.14. The van der Waals surface area contributed by atoms with Gasteiger partial charge in [0.15, 0.2) is 5.79 Å². The lowest BCUT2D eigenvalue weighted by molar-refractivity contribution is -0.187. The van der Waals surface area contributed by atoms with Crippen LogP contribution in [-0.2, 0) is 19.1 Å². The minimum atomic E-state index is -0.442. The van der Waals surface area contributed by atoms with Crippen LogP contribution in [0.15, 0.2) is 0 Å². The number of nitrogens with zero attached hydrogens (tertiary/aromatic N) is 2. The maximum Gasteiger partial charge on any atom is 0.224 e. The normalized spacial score (nSPS) is 20.0. The molecule has 0 saturated carbocycles. The van der Waals surface area contributed by atoms with Gasteiger partial charge in [-0.3, -0.25) is 9.59 Å². The van der Waals surface area contributed by atoms with Gasteiger partial charge in [0.1, 0.15) is 0 Å². The Labute approximate surface area is 139 Å². The highest BCUT2D eigenvalue weighted by atomic mass is 16.7. The van der Waals surface area contributed by atoms with Gasteiger partial charge in [0.25, 0.3) is 0 Å². The first-order chi connectivity index (χ1) is 11.1. The van der Waals surface area contributed by atoms with Gasteiger partial charge in [-0.1, -0.05) is 19.8 Å². The van der Waals surface area contributed by atoms with Crippen LogP contribution in [0.4, 0.5) is 0 Å². The quantitative estimate of drug-likeness (QED) is 0.669. The highest BCUT2D eigenvalue weighted by Gasteiger charge is 2.40. The zero-order valence-corrected chi connectivity index (χ0v) is 14.5. The Morgan fingerprint density at radius 3 is 2.30 bits per heavy atom. The number of likely N-dealkylation sites (tertiary alicyclic amines) is 1. The van der Waals surface area contributed by atoms with Crippen LogP contribution in [-0.4, -0.2) is 66.8 Å². The van der Waals surface area contributed by atoms with Gasteiger partial charge >= 0.3 is 0 Å². The molecule has 6 heteroatoms. The number of carbonyl (C=O) groups excluding carboxylic acids is 2. The van der Waals surface area contributed by atoms with Crippen LogP contribution >= 0.6 is 0 Å². The minimum absolute atomic E-state index is 0.0549. The van der Waals surface area contributed by atoms with Crippen LogP contribution < -0.4 is 0 Å². The van der Waals surface area contributed by atoms with E-state index in [1.165, 1.54) is 0 Å². The van der Waals surface area contributed by atoms with E-state index in [0.717, 1.165) is 38.6 Å². The van der Waals surface area contributed by atoms with Gasteiger partial charge in [0.05, 0.1) is 13.2 Å². The average Bonchev–Trinajstić information content (AvgIpc) is 2.99. The van der Waals surface area contributed by atoms with Gasteiger partial charge in [0, 0.05) is 52.4 Å². The molecule has 0 radical (unpaired) electrons. The zero-order chi connectivity index (χ0) is 16.7. The summed E-state index contributed by atoms with van der Waals surface area (Å²) in [6.45, 7) is 7.65. The summed E-state index contributed by atoms with van der Waals surface area (Å²) in [7, 11) is 0. The second-order valence-corrected chi connectivity index (χ2v) is 6.45. The Kier molecular flexibility index (Phi) is 6.84. The third-order valence-electron chi connectivity index (χ3n) is 4.76. The molecule has 23 heavy (non-hydrogen) atoms. The maximum atomic E-state index is 12.4. The minimum Gasteiger partial charge on any atom is -0.347 e. The summed E-state index contributed by atoms with van der Waals surface area (Å²) < 4.78 is 11.4. The molecule has 2 amide bonds. The molecule has 2 saturated heterocycles. The fourth-order valence-corrected chi connectivity index (χ4v) is 3.25. The third kappa shape index (κ3) is 5.18. The largest absolute Gasteiger partial charge is 0.347 e. The lowest BCUT2D eigenvalue weighted by atomic mass is 10.0. The lowest BCUT2D eigenvalue weighted by Gasteiger charge is -2.37. The van der Waals surface area contributed by atoms with Crippen molar-refractivity contribution in [3.05, 3.63) is 0 Å². The van der Waals surface area contributed by atoms with Crippen LogP contribution in [0.5, 0.6) is 0 Å². The molecule has 0 aromatic heterocycles. The van der Waals surface area contributed by atoms with E-state index in [2.05, 4.69) is 6.92 Å². The van der Waals surface area contributed by atoms with Crippen LogP contribution in [0.1, 0.15) is 52.4 Å². The summed E-state index contributed by atoms with van der Waals surface area (Å²) in [5.74, 6) is -0.263. The van der Waals surface area contributed by atoms with E-state index >= 15 is 0 Å². The van der Waals surface area contributed by atoms with Crippen molar-refractivity contribution in [3.63, 3.8) is 0 Å². The maximum absolute atomic E-state index is 12.4. The predicted octanol–water partition coefficient (Wildman–Crippen LogP) is 1.78. The number of hydrogen-bond donors (Lipinski definition) is 0. The van der Waals surface area contributed by atoms with Crippen molar-refractivity contribution < 1.29 is 19.1 Å². The second-order valence-electron chi connectivity index (χ2n) is 6.45. The molecular weight excluding hydrogens is 296 g/mol. The number of ether oxygens (including phenoxy) is 2. The standard InChI is InChI=1S/C17H30N2O4/c1-3-4-5-9-18(15(2)20)10-6-16(21)19-11-7-17(8-12-19)22-13-14-23-17/h3-14H2,1-2H3. The number of unbranched alkanes of at least 4 members (excludes halogenated alkanes) is 2. The van der Waals surface area contributed by atoms with Gasteiger partial charge in [-0.25, -0.2) is 0 Å². The van der Waals surface area contributed by atoms with E-state index in [-0.39, 0.29) is 11.8 Å². The fraction of sp³-hybridized carbons (Fsp3) is 0.882. The highest BCUT2D eigenvalue weighted by molar-refractivity contribution is 5.78. The van der Waals surface area contributed by atoms with Crippen molar-refractivity contribution >= 4 is 11.8 Å². The van der Waals surface area contributed by atoms with E-state index in [1.807, 2.05) is 4.90 Å². The number of amides is 2. The number of carbonyl (C=O) groups is 2. The fourth-order valence-electron chi connectivity index (χ4n) is 3.25. The predicted molar refractivity (Wildman–Crippen MR) is 86.8 cm³/mol. The Hall–Kier alpha value is -1.14. The molecule has 0 aromatic rings. The molecule has 0 atom stereocenters. The smallest absolute Gasteiger partial charge is 0.224 e. The lowest BCUT2D eigenvalue weighted by Crippen LogP contribution is -2.48. The Morgan fingerprint density at radius 1 is 1.09 bits per heavy atom. The molecule has 2 rings (SSSR count). The van der Waals surface area contributed by atoms with Crippen molar-refractivity contribution in [1.82, 2.24) is 9.80 Å². The van der Waals surface area contributed by atoms with Crippen molar-refractivity contribution in [1.29, 1.82) is 0 Å². The van der Waals surface area contributed by atoms with Crippen LogP contribution in [0.3, 0.4) is 0 Å². The van der Waals surface area contributed by atoms with Gasteiger partial charge in [-0.15, -0.1) is 0 Å². The number of rotatable bonds is 7. The van der Waals surface area contributed by atoms with Gasteiger partial charge in [0.2, 0.25) is 11.8 Å². The van der Waals surface area contributed by atoms with Gasteiger partial charge in [-0.2, -0.15) is 0 Å². The summed E-state index contributed by atoms with van der Waals surface area (Å²) in [5.41, 5.74) is 0.